The molecule has 110 valence electrons. The van der Waals surface area contributed by atoms with Crippen molar-refractivity contribution in [3.8, 4) is 0 Å². The summed E-state index contributed by atoms with van der Waals surface area (Å²) in [6.45, 7) is 1.52. The van der Waals surface area contributed by atoms with Crippen LogP contribution in [0.4, 0.5) is 14.5 Å². The highest BCUT2D eigenvalue weighted by molar-refractivity contribution is 5.54. The zero-order valence-corrected chi connectivity index (χ0v) is 11.7. The summed E-state index contributed by atoms with van der Waals surface area (Å²) in [5.41, 5.74) is 0.606. The predicted octanol–water partition coefficient (Wildman–Crippen LogP) is 3.60. The van der Waals surface area contributed by atoms with Crippen molar-refractivity contribution in [2.75, 3.05) is 5.32 Å². The van der Waals surface area contributed by atoms with Crippen molar-refractivity contribution in [3.05, 3.63) is 65.2 Å². The summed E-state index contributed by atoms with van der Waals surface area (Å²) in [7, 11) is 0. The smallest absolute Gasteiger partial charge is 0.164 e. The number of benzene rings is 2. The van der Waals surface area contributed by atoms with Gasteiger partial charge in [0.2, 0.25) is 0 Å². The summed E-state index contributed by atoms with van der Waals surface area (Å²) >= 11 is 0. The number of aryl methyl sites for hydroxylation is 1. The van der Waals surface area contributed by atoms with E-state index >= 15 is 0 Å². The van der Waals surface area contributed by atoms with Crippen LogP contribution in [0.2, 0.25) is 0 Å². The topological polar surface area (TPSA) is 32.3 Å². The molecule has 0 fully saturated rings. The van der Waals surface area contributed by atoms with Gasteiger partial charge in [-0.05, 0) is 37.5 Å². The van der Waals surface area contributed by atoms with Gasteiger partial charge in [0.25, 0.3) is 0 Å². The standard InChI is InChI=1S/C17H17F2NO/c1-17(21,12-6-4-7-13(18)16(12)19)15-10-9-11-5-2-3-8-14(11)20-15/h2-8,15,20-21H,9-10H2,1H3. The second kappa shape index (κ2) is 5.11. The summed E-state index contributed by atoms with van der Waals surface area (Å²) in [5.74, 6) is -1.92. The van der Waals surface area contributed by atoms with E-state index in [2.05, 4.69) is 5.32 Å². The Morgan fingerprint density at radius 1 is 1.14 bits per heavy atom. The summed E-state index contributed by atoms with van der Waals surface area (Å²) in [4.78, 5) is 0. The van der Waals surface area contributed by atoms with Gasteiger partial charge in [0.15, 0.2) is 11.6 Å². The minimum absolute atomic E-state index is 0.0145. The normalized spacial score (nSPS) is 20.3. The molecule has 0 spiro atoms. The lowest BCUT2D eigenvalue weighted by Gasteiger charge is -2.38. The molecule has 2 N–H and O–H groups in total. The Labute approximate surface area is 122 Å². The van der Waals surface area contributed by atoms with Crippen LogP contribution in [0.1, 0.15) is 24.5 Å². The van der Waals surface area contributed by atoms with E-state index < -0.39 is 17.2 Å². The Hall–Kier alpha value is -1.94. The quantitative estimate of drug-likeness (QED) is 0.885. The van der Waals surface area contributed by atoms with E-state index in [0.29, 0.717) is 6.42 Å². The van der Waals surface area contributed by atoms with Gasteiger partial charge in [-0.25, -0.2) is 8.78 Å². The molecule has 0 amide bonds. The van der Waals surface area contributed by atoms with E-state index in [1.807, 2.05) is 24.3 Å². The fourth-order valence-electron chi connectivity index (χ4n) is 2.94. The Morgan fingerprint density at radius 3 is 2.71 bits per heavy atom. The van der Waals surface area contributed by atoms with Crippen LogP contribution in [-0.2, 0) is 12.0 Å². The summed E-state index contributed by atoms with van der Waals surface area (Å²) in [6, 6.07) is 11.4. The molecule has 1 aliphatic rings. The predicted molar refractivity (Wildman–Crippen MR) is 78.1 cm³/mol. The third-order valence-corrected chi connectivity index (χ3v) is 4.22. The Bertz CT molecular complexity index is 670. The van der Waals surface area contributed by atoms with Crippen LogP contribution in [0.15, 0.2) is 42.5 Å². The lowest BCUT2D eigenvalue weighted by Crippen LogP contribution is -2.45. The van der Waals surface area contributed by atoms with Gasteiger partial charge in [0, 0.05) is 11.3 Å². The number of aliphatic hydroxyl groups is 1. The molecule has 0 aromatic heterocycles. The highest BCUT2D eigenvalue weighted by Crippen LogP contribution is 2.35. The molecule has 2 unspecified atom stereocenters. The number of hydrogen-bond acceptors (Lipinski definition) is 2. The lowest BCUT2D eigenvalue weighted by molar-refractivity contribution is 0.0281. The average Bonchev–Trinajstić information content (AvgIpc) is 2.49. The van der Waals surface area contributed by atoms with Crippen molar-refractivity contribution in [2.45, 2.75) is 31.4 Å². The van der Waals surface area contributed by atoms with Gasteiger partial charge < -0.3 is 10.4 Å². The first-order chi connectivity index (χ1) is 10.00. The molecule has 21 heavy (non-hydrogen) atoms. The van der Waals surface area contributed by atoms with E-state index in [9.17, 15) is 13.9 Å². The van der Waals surface area contributed by atoms with Crippen LogP contribution in [0.25, 0.3) is 0 Å². The van der Waals surface area contributed by atoms with Crippen molar-refractivity contribution in [2.24, 2.45) is 0 Å². The molecule has 2 atom stereocenters. The fourth-order valence-corrected chi connectivity index (χ4v) is 2.94. The maximum atomic E-state index is 14.0. The average molecular weight is 289 g/mol. The highest BCUT2D eigenvalue weighted by atomic mass is 19.2. The van der Waals surface area contributed by atoms with Crippen molar-refractivity contribution in [1.29, 1.82) is 0 Å². The first-order valence-electron chi connectivity index (χ1n) is 7.01. The fraction of sp³-hybridized carbons (Fsp3) is 0.294. The molecule has 2 aromatic carbocycles. The van der Waals surface area contributed by atoms with Crippen LogP contribution < -0.4 is 5.32 Å². The monoisotopic (exact) mass is 289 g/mol. The lowest BCUT2D eigenvalue weighted by atomic mass is 9.82. The van der Waals surface area contributed by atoms with E-state index in [4.69, 9.17) is 0 Å². The van der Waals surface area contributed by atoms with Crippen LogP contribution in [0, 0.1) is 11.6 Å². The second-order valence-electron chi connectivity index (χ2n) is 5.64. The van der Waals surface area contributed by atoms with Gasteiger partial charge in [-0.3, -0.25) is 0 Å². The molecular formula is C17H17F2NO. The molecule has 4 heteroatoms. The van der Waals surface area contributed by atoms with Crippen molar-refractivity contribution >= 4 is 5.69 Å². The zero-order chi connectivity index (χ0) is 15.0. The van der Waals surface area contributed by atoms with Gasteiger partial charge in [0.1, 0.15) is 5.60 Å². The highest BCUT2D eigenvalue weighted by Gasteiger charge is 2.38. The number of halogens is 2. The van der Waals surface area contributed by atoms with Crippen molar-refractivity contribution in [1.82, 2.24) is 0 Å². The zero-order valence-electron chi connectivity index (χ0n) is 11.7. The maximum absolute atomic E-state index is 14.0. The second-order valence-corrected chi connectivity index (χ2v) is 5.64. The minimum atomic E-state index is -1.49. The van der Waals surface area contributed by atoms with Gasteiger partial charge in [-0.1, -0.05) is 30.3 Å². The van der Waals surface area contributed by atoms with Gasteiger partial charge in [-0.2, -0.15) is 0 Å². The van der Waals surface area contributed by atoms with E-state index in [-0.39, 0.29) is 11.6 Å². The maximum Gasteiger partial charge on any atom is 0.164 e. The molecule has 3 rings (SSSR count). The number of fused-ring (bicyclic) bond motifs is 1. The largest absolute Gasteiger partial charge is 0.383 e. The molecule has 0 saturated heterocycles. The van der Waals surface area contributed by atoms with Gasteiger partial charge >= 0.3 is 0 Å². The van der Waals surface area contributed by atoms with Gasteiger partial charge in [0.05, 0.1) is 6.04 Å². The van der Waals surface area contributed by atoms with Crippen molar-refractivity contribution in [3.63, 3.8) is 0 Å². The number of nitrogens with one attached hydrogen (secondary N) is 1. The number of para-hydroxylation sites is 1. The number of hydrogen-bond donors (Lipinski definition) is 2. The Morgan fingerprint density at radius 2 is 1.90 bits per heavy atom. The van der Waals surface area contributed by atoms with E-state index in [1.165, 1.54) is 24.6 Å². The molecule has 2 aromatic rings. The summed E-state index contributed by atoms with van der Waals surface area (Å²) < 4.78 is 27.4. The van der Waals surface area contributed by atoms with Crippen LogP contribution in [-0.4, -0.2) is 11.1 Å². The SMILES string of the molecule is CC(O)(c1cccc(F)c1F)C1CCc2ccccc2N1. The molecule has 1 heterocycles. The third-order valence-electron chi connectivity index (χ3n) is 4.22. The molecule has 0 aliphatic carbocycles. The number of anilines is 1. The van der Waals surface area contributed by atoms with Crippen molar-refractivity contribution < 1.29 is 13.9 Å². The van der Waals surface area contributed by atoms with Crippen LogP contribution >= 0.6 is 0 Å². The molecular weight excluding hydrogens is 272 g/mol. The van der Waals surface area contributed by atoms with E-state index in [0.717, 1.165) is 18.2 Å². The Kier molecular flexibility index (Phi) is 3.41. The van der Waals surface area contributed by atoms with Gasteiger partial charge in [-0.15, -0.1) is 0 Å². The molecule has 1 aliphatic heterocycles. The first-order valence-corrected chi connectivity index (χ1v) is 7.01. The molecule has 0 bridgehead atoms. The minimum Gasteiger partial charge on any atom is -0.383 e. The number of rotatable bonds is 2. The third kappa shape index (κ3) is 2.40. The van der Waals surface area contributed by atoms with E-state index in [1.54, 1.807) is 0 Å². The summed E-state index contributed by atoms with van der Waals surface area (Å²) in [5, 5.41) is 14.0. The Balaban J connectivity index is 1.95. The molecule has 2 nitrogen and oxygen atoms in total. The van der Waals surface area contributed by atoms with Crippen LogP contribution in [0.5, 0.6) is 0 Å². The first kappa shape index (κ1) is 14.0. The molecule has 0 radical (unpaired) electrons. The molecule has 0 saturated carbocycles. The van der Waals surface area contributed by atoms with Crippen LogP contribution in [0.3, 0.4) is 0 Å². The summed E-state index contributed by atoms with van der Waals surface area (Å²) in [6.07, 6.45) is 1.45.